The van der Waals surface area contributed by atoms with Crippen LogP contribution in [-0.4, -0.2) is 31.1 Å². The molecule has 1 aliphatic rings. The molecule has 2 rings (SSSR count). The Morgan fingerprint density at radius 1 is 1.20 bits per heavy atom. The molecule has 0 unspecified atom stereocenters. The van der Waals surface area contributed by atoms with Crippen molar-refractivity contribution in [3.8, 4) is 5.75 Å². The summed E-state index contributed by atoms with van der Waals surface area (Å²) in [6.07, 6.45) is 2.33. The maximum absolute atomic E-state index is 5.84. The number of hydrogen-bond acceptors (Lipinski definition) is 3. The van der Waals surface area contributed by atoms with Crippen LogP contribution >= 0.6 is 0 Å². The summed E-state index contributed by atoms with van der Waals surface area (Å²) < 4.78 is 5.84. The molecule has 0 saturated heterocycles. The average Bonchev–Trinajstić information content (AvgIpc) is 2.47. The molecule has 1 aromatic rings. The molecule has 20 heavy (non-hydrogen) atoms. The fraction of sp³-hybridized carbons (Fsp3) is 0.647. The van der Waals surface area contributed by atoms with Gasteiger partial charge in [-0.05, 0) is 50.0 Å². The topological polar surface area (TPSA) is 24.5 Å². The van der Waals surface area contributed by atoms with Crippen LogP contribution in [0, 0.1) is 0 Å². The number of ether oxygens (including phenoxy) is 1. The first-order valence-corrected chi connectivity index (χ1v) is 7.99. The molecule has 0 radical (unpaired) electrons. The first-order valence-electron chi connectivity index (χ1n) is 7.99. The largest absolute Gasteiger partial charge is 0.494 e. The van der Waals surface area contributed by atoms with Crippen molar-refractivity contribution >= 4 is 0 Å². The van der Waals surface area contributed by atoms with Gasteiger partial charge in [0.1, 0.15) is 5.75 Å². The monoisotopic (exact) mass is 276 g/mol. The zero-order chi connectivity index (χ0) is 14.4. The summed E-state index contributed by atoms with van der Waals surface area (Å²) in [5.41, 5.74) is 4.26. The van der Waals surface area contributed by atoms with Crippen molar-refractivity contribution in [3.05, 3.63) is 28.8 Å². The van der Waals surface area contributed by atoms with Crippen molar-refractivity contribution in [2.45, 2.75) is 46.7 Å². The number of fused-ring (bicyclic) bond motifs is 1. The third-order valence-corrected chi connectivity index (χ3v) is 3.96. The molecule has 0 fully saturated rings. The van der Waals surface area contributed by atoms with Gasteiger partial charge < -0.3 is 10.1 Å². The predicted molar refractivity (Wildman–Crippen MR) is 84.3 cm³/mol. The highest BCUT2D eigenvalue weighted by atomic mass is 16.5. The Kier molecular flexibility index (Phi) is 5.86. The van der Waals surface area contributed by atoms with Gasteiger partial charge in [-0.25, -0.2) is 0 Å². The summed E-state index contributed by atoms with van der Waals surface area (Å²) >= 11 is 0. The Balaban J connectivity index is 2.19. The van der Waals surface area contributed by atoms with Gasteiger partial charge in [-0.3, -0.25) is 4.90 Å². The van der Waals surface area contributed by atoms with E-state index in [0.717, 1.165) is 45.0 Å². The molecule has 0 amide bonds. The molecular weight excluding hydrogens is 248 g/mol. The van der Waals surface area contributed by atoms with Crippen molar-refractivity contribution < 1.29 is 4.74 Å². The Labute approximate surface area is 123 Å². The van der Waals surface area contributed by atoms with Gasteiger partial charge in [0.25, 0.3) is 0 Å². The van der Waals surface area contributed by atoms with Gasteiger partial charge in [0.2, 0.25) is 0 Å². The Morgan fingerprint density at radius 2 is 2.05 bits per heavy atom. The predicted octanol–water partition coefficient (Wildman–Crippen LogP) is 2.96. The van der Waals surface area contributed by atoms with Crippen LogP contribution in [0.3, 0.4) is 0 Å². The molecule has 0 atom stereocenters. The van der Waals surface area contributed by atoms with E-state index in [1.54, 1.807) is 0 Å². The standard InChI is InChI=1S/C17H28N2O/c1-4-8-18-12-15-10-14-7-9-19(5-2)13-16(14)11-17(15)20-6-3/h10-11,18H,4-9,12-13H2,1-3H3. The van der Waals surface area contributed by atoms with E-state index in [4.69, 9.17) is 4.74 Å². The molecule has 0 spiro atoms. The van der Waals surface area contributed by atoms with Crippen molar-refractivity contribution in [1.29, 1.82) is 0 Å². The van der Waals surface area contributed by atoms with Crippen molar-refractivity contribution in [2.24, 2.45) is 0 Å². The SMILES string of the molecule is CCCNCc1cc2c(cc1OCC)CN(CC)CC2. The van der Waals surface area contributed by atoms with Gasteiger partial charge in [-0.2, -0.15) is 0 Å². The van der Waals surface area contributed by atoms with Crippen LogP contribution in [0.4, 0.5) is 0 Å². The molecule has 3 nitrogen and oxygen atoms in total. The van der Waals surface area contributed by atoms with Crippen molar-refractivity contribution in [1.82, 2.24) is 10.2 Å². The van der Waals surface area contributed by atoms with Gasteiger partial charge in [-0.15, -0.1) is 0 Å². The molecule has 1 aromatic carbocycles. The van der Waals surface area contributed by atoms with E-state index in [-0.39, 0.29) is 0 Å². The van der Waals surface area contributed by atoms with Gasteiger partial charge in [0, 0.05) is 25.2 Å². The van der Waals surface area contributed by atoms with E-state index < -0.39 is 0 Å². The maximum atomic E-state index is 5.84. The van der Waals surface area contributed by atoms with Crippen LogP contribution in [0.5, 0.6) is 5.75 Å². The average molecular weight is 276 g/mol. The van der Waals surface area contributed by atoms with Crippen LogP contribution in [-0.2, 0) is 19.5 Å². The number of nitrogens with one attached hydrogen (secondary N) is 1. The third kappa shape index (κ3) is 3.74. The van der Waals surface area contributed by atoms with Crippen LogP contribution in [0.1, 0.15) is 43.9 Å². The Bertz CT molecular complexity index is 431. The van der Waals surface area contributed by atoms with Crippen LogP contribution in [0.25, 0.3) is 0 Å². The molecule has 0 saturated carbocycles. The second kappa shape index (κ2) is 7.65. The van der Waals surface area contributed by atoms with E-state index >= 15 is 0 Å². The van der Waals surface area contributed by atoms with Gasteiger partial charge >= 0.3 is 0 Å². The number of likely N-dealkylation sites (N-methyl/N-ethyl adjacent to an activating group) is 1. The summed E-state index contributed by atoms with van der Waals surface area (Å²) in [5, 5.41) is 3.49. The first-order chi connectivity index (χ1) is 9.78. The zero-order valence-electron chi connectivity index (χ0n) is 13.2. The summed E-state index contributed by atoms with van der Waals surface area (Å²) in [6.45, 7) is 12.6. The maximum Gasteiger partial charge on any atom is 0.124 e. The molecule has 112 valence electrons. The van der Waals surface area contributed by atoms with Gasteiger partial charge in [0.05, 0.1) is 6.61 Å². The second-order valence-electron chi connectivity index (χ2n) is 5.46. The first kappa shape index (κ1) is 15.3. The van der Waals surface area contributed by atoms with Crippen LogP contribution in [0.15, 0.2) is 12.1 Å². The highest BCUT2D eigenvalue weighted by Crippen LogP contribution is 2.28. The quantitative estimate of drug-likeness (QED) is 0.775. The lowest BCUT2D eigenvalue weighted by molar-refractivity contribution is 0.266. The second-order valence-corrected chi connectivity index (χ2v) is 5.46. The lowest BCUT2D eigenvalue weighted by Gasteiger charge is -2.28. The Hall–Kier alpha value is -1.06. The van der Waals surface area contributed by atoms with E-state index in [0.29, 0.717) is 0 Å². The summed E-state index contributed by atoms with van der Waals surface area (Å²) in [4.78, 5) is 2.49. The van der Waals surface area contributed by atoms with E-state index in [9.17, 15) is 0 Å². The molecule has 0 aliphatic carbocycles. The molecule has 1 N–H and O–H groups in total. The third-order valence-electron chi connectivity index (χ3n) is 3.96. The van der Waals surface area contributed by atoms with Gasteiger partial charge in [0.15, 0.2) is 0 Å². The number of nitrogens with zero attached hydrogens (tertiary/aromatic N) is 1. The number of benzene rings is 1. The van der Waals surface area contributed by atoms with Gasteiger partial charge in [-0.1, -0.05) is 19.9 Å². The van der Waals surface area contributed by atoms with Crippen LogP contribution in [0.2, 0.25) is 0 Å². The zero-order valence-corrected chi connectivity index (χ0v) is 13.2. The summed E-state index contributed by atoms with van der Waals surface area (Å²) in [5.74, 6) is 1.06. The molecule has 0 bridgehead atoms. The van der Waals surface area contributed by atoms with E-state index in [1.807, 2.05) is 0 Å². The Morgan fingerprint density at radius 3 is 2.75 bits per heavy atom. The lowest BCUT2D eigenvalue weighted by Crippen LogP contribution is -2.30. The molecule has 0 aromatic heterocycles. The lowest BCUT2D eigenvalue weighted by atomic mass is 9.96. The minimum atomic E-state index is 0.733. The fourth-order valence-electron chi connectivity index (χ4n) is 2.79. The normalized spacial score (nSPS) is 15.2. The molecule has 1 aliphatic heterocycles. The molecule has 1 heterocycles. The summed E-state index contributed by atoms with van der Waals surface area (Å²) in [7, 11) is 0. The van der Waals surface area contributed by atoms with Crippen molar-refractivity contribution in [3.63, 3.8) is 0 Å². The fourth-order valence-corrected chi connectivity index (χ4v) is 2.79. The van der Waals surface area contributed by atoms with E-state index in [1.165, 1.54) is 29.7 Å². The number of rotatable bonds is 7. The number of hydrogen-bond donors (Lipinski definition) is 1. The van der Waals surface area contributed by atoms with Crippen LogP contribution < -0.4 is 10.1 Å². The van der Waals surface area contributed by atoms with Crippen molar-refractivity contribution in [2.75, 3.05) is 26.2 Å². The minimum absolute atomic E-state index is 0.733. The van der Waals surface area contributed by atoms with E-state index in [2.05, 4.69) is 43.1 Å². The highest BCUT2D eigenvalue weighted by molar-refractivity contribution is 5.44. The molecular formula is C17H28N2O. The summed E-state index contributed by atoms with van der Waals surface area (Å²) in [6, 6.07) is 4.62. The minimum Gasteiger partial charge on any atom is -0.494 e. The smallest absolute Gasteiger partial charge is 0.124 e. The molecule has 3 heteroatoms. The highest BCUT2D eigenvalue weighted by Gasteiger charge is 2.17.